The van der Waals surface area contributed by atoms with Crippen LogP contribution in [0.3, 0.4) is 0 Å². The third kappa shape index (κ3) is 3.81. The van der Waals surface area contributed by atoms with Crippen LogP contribution in [-0.4, -0.2) is 16.9 Å². The van der Waals surface area contributed by atoms with E-state index in [1.54, 1.807) is 18.3 Å². The highest BCUT2D eigenvalue weighted by atomic mass is 79.9. The lowest BCUT2D eigenvalue weighted by molar-refractivity contribution is 0.102. The van der Waals surface area contributed by atoms with E-state index < -0.39 is 0 Å². The van der Waals surface area contributed by atoms with Crippen LogP contribution in [0.15, 0.2) is 47.1 Å². The molecule has 1 aromatic heterocycles. The van der Waals surface area contributed by atoms with Crippen LogP contribution in [0.2, 0.25) is 0 Å². The summed E-state index contributed by atoms with van der Waals surface area (Å²) in [6, 6.07) is 11.2. The molecule has 1 aromatic carbocycles. The van der Waals surface area contributed by atoms with Crippen LogP contribution in [0.4, 0.5) is 11.5 Å². The zero-order chi connectivity index (χ0) is 14.5. The fourth-order valence-electron chi connectivity index (χ4n) is 1.74. The number of rotatable bonds is 4. The summed E-state index contributed by atoms with van der Waals surface area (Å²) < 4.78 is 0.919. The van der Waals surface area contributed by atoms with Crippen molar-refractivity contribution < 1.29 is 4.79 Å². The number of halogens is 1. The highest BCUT2D eigenvalue weighted by Gasteiger charge is 2.13. The molecule has 0 aliphatic rings. The van der Waals surface area contributed by atoms with Gasteiger partial charge in [0.05, 0.1) is 5.56 Å². The Morgan fingerprint density at radius 2 is 2.05 bits per heavy atom. The first-order chi connectivity index (χ1) is 9.56. The molecule has 0 atom stereocenters. The number of hydrogen-bond donors (Lipinski definition) is 2. The van der Waals surface area contributed by atoms with E-state index >= 15 is 0 Å². The maximum atomic E-state index is 12.3. The Balaban J connectivity index is 2.21. The SMILES string of the molecule is CC(C)Nc1ncccc1C(=O)Nc1cccc(Br)c1. The van der Waals surface area contributed by atoms with Crippen LogP contribution < -0.4 is 10.6 Å². The predicted molar refractivity (Wildman–Crippen MR) is 85.1 cm³/mol. The Bertz CT molecular complexity index is 614. The van der Waals surface area contributed by atoms with Gasteiger partial charge < -0.3 is 10.6 Å². The summed E-state index contributed by atoms with van der Waals surface area (Å²) in [5.74, 6) is 0.411. The average Bonchev–Trinajstić information content (AvgIpc) is 2.38. The van der Waals surface area contributed by atoms with Crippen LogP contribution in [-0.2, 0) is 0 Å². The lowest BCUT2D eigenvalue weighted by Crippen LogP contribution is -2.18. The van der Waals surface area contributed by atoms with Gasteiger partial charge in [-0.2, -0.15) is 0 Å². The van der Waals surface area contributed by atoms with Crippen LogP contribution in [0.1, 0.15) is 24.2 Å². The summed E-state index contributed by atoms with van der Waals surface area (Å²) in [4.78, 5) is 16.5. The Morgan fingerprint density at radius 3 is 2.75 bits per heavy atom. The zero-order valence-corrected chi connectivity index (χ0v) is 12.9. The summed E-state index contributed by atoms with van der Waals surface area (Å²) in [6.07, 6.45) is 1.67. The van der Waals surface area contributed by atoms with Crippen LogP contribution in [0, 0.1) is 0 Å². The molecule has 2 N–H and O–H groups in total. The van der Waals surface area contributed by atoms with E-state index in [-0.39, 0.29) is 11.9 Å². The summed E-state index contributed by atoms with van der Waals surface area (Å²) in [5, 5.41) is 6.03. The number of pyridine rings is 1. The maximum absolute atomic E-state index is 12.3. The molecule has 0 bridgehead atoms. The van der Waals surface area contributed by atoms with E-state index in [2.05, 4.69) is 31.5 Å². The van der Waals surface area contributed by atoms with Gasteiger partial charge >= 0.3 is 0 Å². The molecule has 1 amide bonds. The molecule has 0 unspecified atom stereocenters. The van der Waals surface area contributed by atoms with Crippen LogP contribution in [0.5, 0.6) is 0 Å². The smallest absolute Gasteiger partial charge is 0.259 e. The van der Waals surface area contributed by atoms with E-state index in [1.165, 1.54) is 0 Å². The van der Waals surface area contributed by atoms with Crippen molar-refractivity contribution in [2.75, 3.05) is 10.6 Å². The van der Waals surface area contributed by atoms with E-state index in [0.717, 1.165) is 10.2 Å². The van der Waals surface area contributed by atoms with Crippen molar-refractivity contribution in [2.24, 2.45) is 0 Å². The van der Waals surface area contributed by atoms with Crippen LogP contribution >= 0.6 is 15.9 Å². The average molecular weight is 334 g/mol. The fourth-order valence-corrected chi connectivity index (χ4v) is 2.14. The van der Waals surface area contributed by atoms with Gasteiger partial charge in [-0.15, -0.1) is 0 Å². The first-order valence-corrected chi connectivity index (χ1v) is 7.14. The minimum atomic E-state index is -0.181. The van der Waals surface area contributed by atoms with Gasteiger partial charge in [0.15, 0.2) is 0 Å². The predicted octanol–water partition coefficient (Wildman–Crippen LogP) is 3.92. The van der Waals surface area contributed by atoms with Crippen molar-refractivity contribution in [3.8, 4) is 0 Å². The number of carbonyl (C=O) groups excluding carboxylic acids is 1. The molecule has 0 fully saturated rings. The molecule has 104 valence electrons. The lowest BCUT2D eigenvalue weighted by atomic mass is 10.2. The number of aromatic nitrogens is 1. The van der Waals surface area contributed by atoms with Crippen molar-refractivity contribution >= 4 is 33.3 Å². The van der Waals surface area contributed by atoms with E-state index in [4.69, 9.17) is 0 Å². The zero-order valence-electron chi connectivity index (χ0n) is 11.4. The highest BCUT2D eigenvalue weighted by Crippen LogP contribution is 2.18. The molecule has 0 saturated heterocycles. The monoisotopic (exact) mass is 333 g/mol. The largest absolute Gasteiger partial charge is 0.367 e. The van der Waals surface area contributed by atoms with Gasteiger partial charge in [-0.05, 0) is 44.2 Å². The van der Waals surface area contributed by atoms with Crippen LogP contribution in [0.25, 0.3) is 0 Å². The molecule has 4 nitrogen and oxygen atoms in total. The lowest BCUT2D eigenvalue weighted by Gasteiger charge is -2.13. The molecule has 1 heterocycles. The number of carbonyl (C=O) groups is 1. The first kappa shape index (κ1) is 14.5. The topological polar surface area (TPSA) is 54.0 Å². The van der Waals surface area contributed by atoms with Gasteiger partial charge in [-0.25, -0.2) is 4.98 Å². The van der Waals surface area contributed by atoms with Crippen molar-refractivity contribution in [1.82, 2.24) is 4.98 Å². The van der Waals surface area contributed by atoms with E-state index in [0.29, 0.717) is 11.4 Å². The third-order valence-electron chi connectivity index (χ3n) is 2.56. The maximum Gasteiger partial charge on any atom is 0.259 e. The Hall–Kier alpha value is -1.88. The molecule has 0 saturated carbocycles. The highest BCUT2D eigenvalue weighted by molar-refractivity contribution is 9.10. The fraction of sp³-hybridized carbons (Fsp3) is 0.200. The standard InChI is InChI=1S/C15H16BrN3O/c1-10(2)18-14-13(7-4-8-17-14)15(20)19-12-6-3-5-11(16)9-12/h3-10H,1-2H3,(H,17,18)(H,19,20). The number of hydrogen-bond acceptors (Lipinski definition) is 3. The molecule has 5 heteroatoms. The van der Waals surface area contributed by atoms with E-state index in [1.807, 2.05) is 38.1 Å². The number of benzene rings is 1. The molecule has 0 radical (unpaired) electrons. The summed E-state index contributed by atoms with van der Waals surface area (Å²) in [5.41, 5.74) is 1.27. The van der Waals surface area contributed by atoms with Crippen molar-refractivity contribution in [3.63, 3.8) is 0 Å². The molecule has 20 heavy (non-hydrogen) atoms. The third-order valence-corrected chi connectivity index (χ3v) is 3.05. The molecule has 2 aromatic rings. The normalized spacial score (nSPS) is 10.4. The van der Waals surface area contributed by atoms with Gasteiger partial charge in [-0.1, -0.05) is 22.0 Å². The minimum absolute atomic E-state index is 0.181. The minimum Gasteiger partial charge on any atom is -0.367 e. The Labute approximate surface area is 126 Å². The van der Waals surface area contributed by atoms with Crippen molar-refractivity contribution in [3.05, 3.63) is 52.6 Å². The van der Waals surface area contributed by atoms with Gasteiger partial charge in [0.1, 0.15) is 5.82 Å². The van der Waals surface area contributed by atoms with Gasteiger partial charge in [-0.3, -0.25) is 4.79 Å². The molecule has 0 spiro atoms. The van der Waals surface area contributed by atoms with E-state index in [9.17, 15) is 4.79 Å². The Kier molecular flexibility index (Phi) is 4.74. The quantitative estimate of drug-likeness (QED) is 0.891. The molecule has 2 rings (SSSR count). The molecule has 0 aliphatic heterocycles. The molecular formula is C15H16BrN3O. The van der Waals surface area contributed by atoms with Gasteiger partial charge in [0.25, 0.3) is 5.91 Å². The second-order valence-electron chi connectivity index (χ2n) is 4.66. The number of amides is 1. The van der Waals surface area contributed by atoms with Gasteiger partial charge in [0.2, 0.25) is 0 Å². The van der Waals surface area contributed by atoms with Crippen molar-refractivity contribution in [1.29, 1.82) is 0 Å². The molecular weight excluding hydrogens is 318 g/mol. The number of anilines is 2. The second-order valence-corrected chi connectivity index (χ2v) is 5.58. The summed E-state index contributed by atoms with van der Waals surface area (Å²) in [7, 11) is 0. The molecule has 0 aliphatic carbocycles. The summed E-state index contributed by atoms with van der Waals surface area (Å²) >= 11 is 3.38. The number of nitrogens with one attached hydrogen (secondary N) is 2. The van der Waals surface area contributed by atoms with Gasteiger partial charge in [0, 0.05) is 22.4 Å². The van der Waals surface area contributed by atoms with Crippen molar-refractivity contribution in [2.45, 2.75) is 19.9 Å². The summed E-state index contributed by atoms with van der Waals surface area (Å²) in [6.45, 7) is 4.01. The Morgan fingerprint density at radius 1 is 1.25 bits per heavy atom. The second kappa shape index (κ2) is 6.52. The number of nitrogens with zero attached hydrogens (tertiary/aromatic N) is 1. The first-order valence-electron chi connectivity index (χ1n) is 6.34.